The number of aryl methyl sites for hydroxylation is 2. The van der Waals surface area contributed by atoms with Gasteiger partial charge in [-0.1, -0.05) is 11.6 Å². The van der Waals surface area contributed by atoms with Crippen molar-refractivity contribution in [2.75, 3.05) is 18.5 Å². The molecule has 1 aliphatic heterocycles. The highest BCUT2D eigenvalue weighted by Crippen LogP contribution is 2.33. The van der Waals surface area contributed by atoms with Gasteiger partial charge in [-0.15, -0.1) is 0 Å². The average Bonchev–Trinajstić information content (AvgIpc) is 3.13. The summed E-state index contributed by atoms with van der Waals surface area (Å²) in [6, 6.07) is 6.02. The van der Waals surface area contributed by atoms with E-state index in [2.05, 4.69) is 21.2 Å². The van der Waals surface area contributed by atoms with Gasteiger partial charge in [-0.2, -0.15) is 0 Å². The summed E-state index contributed by atoms with van der Waals surface area (Å²) < 4.78 is 17.4. The third-order valence-corrected chi connectivity index (χ3v) is 6.30. The normalized spacial score (nSPS) is 16.4. The molecule has 41 heavy (non-hydrogen) atoms. The van der Waals surface area contributed by atoms with Crippen LogP contribution in [0.1, 0.15) is 80.4 Å². The Morgan fingerprint density at radius 3 is 2.27 bits per heavy atom. The molecule has 0 unspecified atom stereocenters. The SMILES string of the molecule is Cc1cc(C(=O)NNC(=O)c2cc(C)c(OC[C@H]3COC(C)(C)N3C(=O)OC(C)(C)C)c(Cl)c2)cc(NC(C)C)n1. The molecule has 3 N–H and O–H groups in total. The summed E-state index contributed by atoms with van der Waals surface area (Å²) in [6.07, 6.45) is -0.500. The van der Waals surface area contributed by atoms with Gasteiger partial charge in [0.25, 0.3) is 11.8 Å². The molecule has 1 saturated heterocycles. The number of hydrogen-bond acceptors (Lipinski definition) is 8. The topological polar surface area (TPSA) is 131 Å². The number of pyridine rings is 1. The van der Waals surface area contributed by atoms with E-state index < -0.39 is 35.3 Å². The summed E-state index contributed by atoms with van der Waals surface area (Å²) >= 11 is 6.50. The molecule has 1 aromatic carbocycles. The van der Waals surface area contributed by atoms with Crippen LogP contribution < -0.4 is 20.9 Å². The number of amides is 3. The van der Waals surface area contributed by atoms with Crippen LogP contribution in [0.15, 0.2) is 24.3 Å². The second-order valence-corrected chi connectivity index (χ2v) is 12.2. The molecule has 224 valence electrons. The molecule has 1 atom stereocenters. The van der Waals surface area contributed by atoms with Crippen molar-refractivity contribution in [2.45, 2.75) is 85.7 Å². The maximum absolute atomic E-state index is 12.9. The zero-order valence-electron chi connectivity index (χ0n) is 25.1. The largest absolute Gasteiger partial charge is 0.490 e. The van der Waals surface area contributed by atoms with Gasteiger partial charge in [-0.3, -0.25) is 25.3 Å². The standard InChI is InChI=1S/C29H40ClN5O6/c1-16(2)31-23-13-20(11-18(4)32-23)26(37)34-33-25(36)19-10-17(3)24(22(30)12-19)39-14-21-15-40-29(8,9)35(21)27(38)41-28(5,6)7/h10-13,16,21H,14-15H2,1-9H3,(H,31,32)(H,33,36)(H,34,37)/t21-/m0/s1. The number of nitrogens with one attached hydrogen (secondary N) is 3. The van der Waals surface area contributed by atoms with Crippen molar-refractivity contribution in [1.82, 2.24) is 20.7 Å². The van der Waals surface area contributed by atoms with Crippen molar-refractivity contribution < 1.29 is 28.6 Å². The van der Waals surface area contributed by atoms with Crippen molar-refractivity contribution in [3.63, 3.8) is 0 Å². The lowest BCUT2D eigenvalue weighted by molar-refractivity contribution is -0.0637. The van der Waals surface area contributed by atoms with Gasteiger partial charge in [0.2, 0.25) is 0 Å². The van der Waals surface area contributed by atoms with E-state index in [0.717, 1.165) is 0 Å². The maximum atomic E-state index is 12.9. The molecule has 1 aliphatic rings. The van der Waals surface area contributed by atoms with Crippen LogP contribution in [0.25, 0.3) is 0 Å². The first-order chi connectivity index (χ1) is 19.0. The van der Waals surface area contributed by atoms with Crippen LogP contribution in [0, 0.1) is 13.8 Å². The summed E-state index contributed by atoms with van der Waals surface area (Å²) in [4.78, 5) is 44.3. The van der Waals surface area contributed by atoms with E-state index in [4.69, 9.17) is 25.8 Å². The second kappa shape index (κ2) is 12.5. The number of halogens is 1. The maximum Gasteiger partial charge on any atom is 0.413 e. The highest BCUT2D eigenvalue weighted by atomic mass is 35.5. The van der Waals surface area contributed by atoms with E-state index in [1.165, 1.54) is 11.0 Å². The Labute approximate surface area is 246 Å². The Kier molecular flexibility index (Phi) is 9.76. The van der Waals surface area contributed by atoms with Crippen molar-refractivity contribution in [2.24, 2.45) is 0 Å². The predicted molar refractivity (Wildman–Crippen MR) is 156 cm³/mol. The molecular weight excluding hydrogens is 550 g/mol. The van der Waals surface area contributed by atoms with Crippen molar-refractivity contribution >= 4 is 35.3 Å². The number of carbonyl (C=O) groups excluding carboxylic acids is 3. The monoisotopic (exact) mass is 589 g/mol. The van der Waals surface area contributed by atoms with Gasteiger partial charge < -0.3 is 19.5 Å². The zero-order valence-corrected chi connectivity index (χ0v) is 25.9. The molecule has 1 fully saturated rings. The number of nitrogens with zero attached hydrogens (tertiary/aromatic N) is 2. The number of anilines is 1. The minimum absolute atomic E-state index is 0.101. The zero-order chi connectivity index (χ0) is 30.7. The van der Waals surface area contributed by atoms with E-state index in [0.29, 0.717) is 28.4 Å². The molecule has 11 nitrogen and oxygen atoms in total. The molecule has 1 aromatic heterocycles. The van der Waals surface area contributed by atoms with Crippen LogP contribution >= 0.6 is 11.6 Å². The minimum Gasteiger partial charge on any atom is -0.490 e. The Balaban J connectivity index is 1.65. The molecule has 3 rings (SSSR count). The molecule has 0 spiro atoms. The summed E-state index contributed by atoms with van der Waals surface area (Å²) in [5.41, 5.74) is 5.15. The number of rotatable bonds is 7. The van der Waals surface area contributed by atoms with Gasteiger partial charge in [-0.05, 0) is 92.1 Å². The molecule has 0 saturated carbocycles. The number of hydrogen-bond donors (Lipinski definition) is 3. The van der Waals surface area contributed by atoms with Crippen LogP contribution in [0.2, 0.25) is 5.02 Å². The Hall–Kier alpha value is -3.57. The van der Waals surface area contributed by atoms with Gasteiger partial charge in [0.1, 0.15) is 29.5 Å². The van der Waals surface area contributed by atoms with Crippen molar-refractivity contribution in [3.05, 3.63) is 51.7 Å². The Bertz CT molecular complexity index is 1280. The van der Waals surface area contributed by atoms with Crippen LogP contribution in [0.5, 0.6) is 5.75 Å². The first kappa shape index (κ1) is 32.0. The van der Waals surface area contributed by atoms with Crippen LogP contribution in [-0.2, 0) is 9.47 Å². The number of hydrazine groups is 1. The highest BCUT2D eigenvalue weighted by molar-refractivity contribution is 6.32. The van der Waals surface area contributed by atoms with Gasteiger partial charge in [0.05, 0.1) is 17.7 Å². The van der Waals surface area contributed by atoms with E-state index in [1.807, 2.05) is 13.8 Å². The van der Waals surface area contributed by atoms with Gasteiger partial charge in [-0.25, -0.2) is 9.78 Å². The van der Waals surface area contributed by atoms with Crippen LogP contribution in [0.4, 0.5) is 10.6 Å². The van der Waals surface area contributed by atoms with E-state index in [1.54, 1.807) is 66.7 Å². The Morgan fingerprint density at radius 2 is 1.71 bits per heavy atom. The van der Waals surface area contributed by atoms with E-state index in [-0.39, 0.29) is 29.8 Å². The molecule has 2 aromatic rings. The lowest BCUT2D eigenvalue weighted by Gasteiger charge is -2.35. The summed E-state index contributed by atoms with van der Waals surface area (Å²) in [7, 11) is 0. The number of ether oxygens (including phenoxy) is 3. The van der Waals surface area contributed by atoms with E-state index >= 15 is 0 Å². The van der Waals surface area contributed by atoms with Gasteiger partial charge in [0.15, 0.2) is 0 Å². The fraction of sp³-hybridized carbons (Fsp3) is 0.517. The molecule has 0 radical (unpaired) electrons. The lowest BCUT2D eigenvalue weighted by Crippen LogP contribution is -2.51. The Morgan fingerprint density at radius 1 is 1.10 bits per heavy atom. The third-order valence-electron chi connectivity index (χ3n) is 6.02. The molecule has 3 amide bonds. The van der Waals surface area contributed by atoms with Crippen LogP contribution in [-0.4, -0.2) is 64.4 Å². The molecular formula is C29H40ClN5O6. The van der Waals surface area contributed by atoms with Gasteiger partial charge in [0, 0.05) is 22.9 Å². The number of carbonyl (C=O) groups is 3. The summed E-state index contributed by atoms with van der Waals surface area (Å²) in [5, 5.41) is 3.37. The molecule has 2 heterocycles. The lowest BCUT2D eigenvalue weighted by atomic mass is 10.1. The van der Waals surface area contributed by atoms with Crippen LogP contribution in [0.3, 0.4) is 0 Å². The minimum atomic E-state index is -0.872. The first-order valence-corrected chi connectivity index (χ1v) is 13.8. The molecule has 12 heteroatoms. The quantitative estimate of drug-likeness (QED) is 0.385. The molecule has 0 bridgehead atoms. The molecule has 0 aliphatic carbocycles. The summed E-state index contributed by atoms with van der Waals surface area (Å²) in [5.74, 6) is -0.104. The second-order valence-electron chi connectivity index (χ2n) is 11.8. The third kappa shape index (κ3) is 8.46. The summed E-state index contributed by atoms with van der Waals surface area (Å²) in [6.45, 7) is 16.8. The highest BCUT2D eigenvalue weighted by Gasteiger charge is 2.46. The average molecular weight is 590 g/mol. The predicted octanol–water partition coefficient (Wildman–Crippen LogP) is 5.00. The van der Waals surface area contributed by atoms with Crippen molar-refractivity contribution in [3.8, 4) is 5.75 Å². The number of aromatic nitrogens is 1. The van der Waals surface area contributed by atoms with Gasteiger partial charge >= 0.3 is 6.09 Å². The fourth-order valence-corrected chi connectivity index (χ4v) is 4.66. The number of benzene rings is 1. The van der Waals surface area contributed by atoms with Crippen molar-refractivity contribution in [1.29, 1.82) is 0 Å². The fourth-order valence-electron chi connectivity index (χ4n) is 4.34. The first-order valence-electron chi connectivity index (χ1n) is 13.4. The van der Waals surface area contributed by atoms with E-state index in [9.17, 15) is 14.4 Å². The smallest absolute Gasteiger partial charge is 0.413 e.